The molecule has 10 nitrogen and oxygen atoms in total. The minimum absolute atomic E-state index is 0.113. The van der Waals surface area contributed by atoms with Crippen LogP contribution in [0.4, 0.5) is 22.0 Å². The van der Waals surface area contributed by atoms with Gasteiger partial charge in [0.1, 0.15) is 17.5 Å². The highest BCUT2D eigenvalue weighted by atomic mass is 35.5. The van der Waals surface area contributed by atoms with Crippen LogP contribution in [0.15, 0.2) is 64.7 Å². The van der Waals surface area contributed by atoms with Gasteiger partial charge in [0.2, 0.25) is 0 Å². The van der Waals surface area contributed by atoms with E-state index in [9.17, 15) is 35.2 Å². The molecule has 0 aliphatic rings. The predicted octanol–water partition coefficient (Wildman–Crippen LogP) is 4.47. The largest absolute Gasteiger partial charge is 0.458 e. The van der Waals surface area contributed by atoms with Crippen molar-refractivity contribution in [2.75, 3.05) is 5.75 Å². The van der Waals surface area contributed by atoms with Gasteiger partial charge in [-0.2, -0.15) is 31.7 Å². The number of hydrogen-bond donors (Lipinski definition) is 0. The van der Waals surface area contributed by atoms with Crippen molar-refractivity contribution in [2.45, 2.75) is 23.9 Å². The minimum Gasteiger partial charge on any atom is -0.310 e. The van der Waals surface area contributed by atoms with Gasteiger partial charge in [-0.05, 0) is 42.5 Å². The van der Waals surface area contributed by atoms with E-state index in [1.54, 1.807) is 24.3 Å². The van der Waals surface area contributed by atoms with E-state index in [4.69, 9.17) is 11.6 Å². The number of aromatic nitrogens is 7. The van der Waals surface area contributed by atoms with E-state index in [0.717, 1.165) is 4.68 Å². The van der Waals surface area contributed by atoms with Crippen molar-refractivity contribution in [1.82, 2.24) is 33.9 Å². The molecule has 4 heterocycles. The summed E-state index contributed by atoms with van der Waals surface area (Å²) in [6.45, 7) is 1.38. The predicted molar refractivity (Wildman–Crippen MR) is 137 cm³/mol. The number of sulfone groups is 1. The standard InChI is InChI=1S/C24H17ClF5N7O3S/c1-3-41(39,40)17-8-9-18(37-22(38)36(12-32-37)15-6-4-14(25)5-7-15)34-19(17)21-33-16-10-13(11-31-20(16)35(21)2)23(26,27)24(28,29)30/h4-12H,3H2,1-2H3. The lowest BCUT2D eigenvalue weighted by Crippen LogP contribution is -2.33. The van der Waals surface area contributed by atoms with E-state index in [0.29, 0.717) is 23.0 Å². The van der Waals surface area contributed by atoms with Crippen LogP contribution in [0.25, 0.3) is 34.2 Å². The third-order valence-corrected chi connectivity index (χ3v) is 8.20. The van der Waals surface area contributed by atoms with Gasteiger partial charge in [0.05, 0.1) is 21.9 Å². The fourth-order valence-corrected chi connectivity index (χ4v) is 5.13. The average Bonchev–Trinajstić information content (AvgIpc) is 3.47. The average molecular weight is 614 g/mol. The fraction of sp³-hybridized carbons (Fsp3) is 0.208. The van der Waals surface area contributed by atoms with Crippen molar-refractivity contribution in [3.05, 3.63) is 76.1 Å². The van der Waals surface area contributed by atoms with Crippen molar-refractivity contribution < 1.29 is 30.4 Å². The maximum Gasteiger partial charge on any atom is 0.458 e. The van der Waals surface area contributed by atoms with Crippen LogP contribution in [0.1, 0.15) is 12.5 Å². The van der Waals surface area contributed by atoms with Crippen LogP contribution < -0.4 is 5.69 Å². The van der Waals surface area contributed by atoms with Crippen LogP contribution in [-0.2, 0) is 22.8 Å². The number of imidazole rings is 1. The quantitative estimate of drug-likeness (QED) is 0.259. The fourth-order valence-electron chi connectivity index (χ4n) is 3.98. The summed E-state index contributed by atoms with van der Waals surface area (Å²) in [5, 5.41) is 4.50. The van der Waals surface area contributed by atoms with Gasteiger partial charge >= 0.3 is 17.8 Å². The first-order valence-corrected chi connectivity index (χ1v) is 13.6. The van der Waals surface area contributed by atoms with E-state index in [2.05, 4.69) is 20.1 Å². The molecule has 0 aliphatic carbocycles. The van der Waals surface area contributed by atoms with Gasteiger partial charge in [-0.1, -0.05) is 18.5 Å². The molecule has 4 aromatic heterocycles. The topological polar surface area (TPSA) is 118 Å². The Morgan fingerprint density at radius 1 is 1.00 bits per heavy atom. The molecule has 5 rings (SSSR count). The summed E-state index contributed by atoms with van der Waals surface area (Å²) in [5.74, 6) is -5.88. The summed E-state index contributed by atoms with van der Waals surface area (Å²) in [4.78, 5) is 25.0. The summed E-state index contributed by atoms with van der Waals surface area (Å²) < 4.78 is 95.9. The summed E-state index contributed by atoms with van der Waals surface area (Å²) in [6, 6.07) is 9.24. The van der Waals surface area contributed by atoms with Gasteiger partial charge in [-0.3, -0.25) is 0 Å². The van der Waals surface area contributed by atoms with E-state index in [-0.39, 0.29) is 39.1 Å². The Hall–Kier alpha value is -4.18. The van der Waals surface area contributed by atoms with Crippen molar-refractivity contribution >= 4 is 32.6 Å². The lowest BCUT2D eigenvalue weighted by molar-refractivity contribution is -0.289. The van der Waals surface area contributed by atoms with Crippen molar-refractivity contribution in [3.63, 3.8) is 0 Å². The number of hydrogen-bond acceptors (Lipinski definition) is 7. The minimum atomic E-state index is -5.87. The lowest BCUT2D eigenvalue weighted by Gasteiger charge is -2.19. The van der Waals surface area contributed by atoms with Gasteiger partial charge in [0.25, 0.3) is 0 Å². The van der Waals surface area contributed by atoms with E-state index in [1.165, 1.54) is 41.6 Å². The Morgan fingerprint density at radius 3 is 2.32 bits per heavy atom. The molecule has 0 saturated carbocycles. The van der Waals surface area contributed by atoms with Gasteiger partial charge in [-0.25, -0.2) is 32.7 Å². The number of pyridine rings is 2. The second kappa shape index (κ2) is 9.73. The molecule has 17 heteroatoms. The number of benzene rings is 1. The molecule has 0 atom stereocenters. The molecule has 1 aromatic carbocycles. The molecule has 0 aliphatic heterocycles. The third kappa shape index (κ3) is 4.76. The third-order valence-electron chi connectivity index (χ3n) is 6.19. The molecule has 0 unspecified atom stereocenters. The Labute approximate surface area is 232 Å². The highest BCUT2D eigenvalue weighted by Crippen LogP contribution is 2.44. The summed E-state index contributed by atoms with van der Waals surface area (Å²) in [5.41, 5.74) is -2.43. The molecule has 0 radical (unpaired) electrons. The molecule has 0 spiro atoms. The first kappa shape index (κ1) is 28.4. The molecule has 5 aromatic rings. The molecular formula is C24H17ClF5N7O3S. The lowest BCUT2D eigenvalue weighted by atomic mass is 10.1. The Bertz CT molecular complexity index is 1970. The number of alkyl halides is 5. The number of fused-ring (bicyclic) bond motifs is 1. The van der Waals surface area contributed by atoms with Gasteiger partial charge in [-0.15, -0.1) is 0 Å². The number of nitrogens with zero attached hydrogens (tertiary/aromatic N) is 7. The Kier molecular flexibility index (Phi) is 6.73. The van der Waals surface area contributed by atoms with Crippen molar-refractivity contribution in [1.29, 1.82) is 0 Å². The number of halogens is 6. The van der Waals surface area contributed by atoms with Crippen molar-refractivity contribution in [3.8, 4) is 23.0 Å². The molecule has 214 valence electrons. The molecule has 0 bridgehead atoms. The summed E-state index contributed by atoms with van der Waals surface area (Å²) >= 11 is 5.91. The molecule has 0 amide bonds. The maximum absolute atomic E-state index is 14.0. The molecule has 0 saturated heterocycles. The monoisotopic (exact) mass is 613 g/mol. The van der Waals surface area contributed by atoms with Crippen LogP contribution in [0, 0.1) is 0 Å². The van der Waals surface area contributed by atoms with E-state index >= 15 is 0 Å². The smallest absolute Gasteiger partial charge is 0.310 e. The van der Waals surface area contributed by atoms with Crippen LogP contribution in [-0.4, -0.2) is 54.2 Å². The molecule has 0 fully saturated rings. The Balaban J connectivity index is 1.70. The van der Waals surface area contributed by atoms with Crippen LogP contribution >= 0.6 is 11.6 Å². The van der Waals surface area contributed by atoms with Crippen molar-refractivity contribution in [2.24, 2.45) is 7.05 Å². The SMILES string of the molecule is CCS(=O)(=O)c1ccc(-n2ncn(-c3ccc(Cl)cc3)c2=O)nc1-c1nc2cc(C(F)(F)C(F)(F)F)cnc2n1C. The normalized spacial score (nSPS) is 12.8. The summed E-state index contributed by atoms with van der Waals surface area (Å²) in [6.07, 6.45) is -4.29. The molecule has 41 heavy (non-hydrogen) atoms. The zero-order valence-electron chi connectivity index (χ0n) is 20.9. The summed E-state index contributed by atoms with van der Waals surface area (Å²) in [7, 11) is -2.60. The Morgan fingerprint density at radius 2 is 1.68 bits per heavy atom. The van der Waals surface area contributed by atoms with Crippen LogP contribution in [0.3, 0.4) is 0 Å². The highest BCUT2D eigenvalue weighted by molar-refractivity contribution is 7.91. The zero-order valence-corrected chi connectivity index (χ0v) is 22.5. The molecule has 0 N–H and O–H groups in total. The van der Waals surface area contributed by atoms with Gasteiger partial charge in [0.15, 0.2) is 27.1 Å². The van der Waals surface area contributed by atoms with E-state index < -0.39 is 33.2 Å². The first-order valence-electron chi connectivity index (χ1n) is 11.6. The van der Waals surface area contributed by atoms with Gasteiger partial charge < -0.3 is 4.57 Å². The van der Waals surface area contributed by atoms with Crippen LogP contribution in [0.5, 0.6) is 0 Å². The number of aryl methyl sites for hydroxylation is 1. The maximum atomic E-state index is 14.0. The van der Waals surface area contributed by atoms with E-state index in [1.807, 2.05) is 0 Å². The second-order valence-corrected chi connectivity index (χ2v) is 11.4. The van der Waals surface area contributed by atoms with Crippen LogP contribution in [0.2, 0.25) is 5.02 Å². The number of rotatable bonds is 6. The first-order chi connectivity index (χ1) is 19.2. The van der Waals surface area contributed by atoms with Gasteiger partial charge in [0, 0.05) is 18.3 Å². The molecular weight excluding hydrogens is 597 g/mol. The zero-order chi connectivity index (χ0) is 29.9. The highest BCUT2D eigenvalue weighted by Gasteiger charge is 2.59. The second-order valence-electron chi connectivity index (χ2n) is 8.72.